The second-order valence-electron chi connectivity index (χ2n) is 6.24. The molecule has 0 fully saturated rings. The maximum Gasteiger partial charge on any atom is 0.0282 e. The summed E-state index contributed by atoms with van der Waals surface area (Å²) in [5, 5.41) is 0. The lowest BCUT2D eigenvalue weighted by Crippen LogP contribution is -2.44. The van der Waals surface area contributed by atoms with E-state index in [4.69, 9.17) is 5.84 Å². The van der Waals surface area contributed by atoms with Crippen LogP contribution >= 0.6 is 0 Å². The minimum Gasteiger partial charge on any atom is -0.271 e. The maximum absolute atomic E-state index is 5.86. The molecule has 1 aliphatic carbocycles. The van der Waals surface area contributed by atoms with Gasteiger partial charge < -0.3 is 0 Å². The minimum absolute atomic E-state index is 0.347. The van der Waals surface area contributed by atoms with Gasteiger partial charge in [-0.3, -0.25) is 11.3 Å². The van der Waals surface area contributed by atoms with Gasteiger partial charge in [0.1, 0.15) is 0 Å². The molecule has 2 aromatic carbocycles. The van der Waals surface area contributed by atoms with E-state index in [1.165, 1.54) is 35.1 Å². The second kappa shape index (κ2) is 6.42. The van der Waals surface area contributed by atoms with Crippen LogP contribution in [0.3, 0.4) is 0 Å². The van der Waals surface area contributed by atoms with Gasteiger partial charge >= 0.3 is 0 Å². The summed E-state index contributed by atoms with van der Waals surface area (Å²) in [5.74, 6) is 6.48. The summed E-state index contributed by atoms with van der Waals surface area (Å²) in [5.41, 5.74) is 8.77. The normalized spacial score (nSPS) is 19.0. The van der Waals surface area contributed by atoms with Gasteiger partial charge in [-0.15, -0.1) is 0 Å². The summed E-state index contributed by atoms with van der Waals surface area (Å²) >= 11 is 0. The zero-order valence-corrected chi connectivity index (χ0v) is 12.7. The lowest BCUT2D eigenvalue weighted by atomic mass is 9.78. The number of hydrogen-bond acceptors (Lipinski definition) is 2. The predicted molar refractivity (Wildman–Crippen MR) is 88.0 cm³/mol. The molecule has 0 aliphatic heterocycles. The second-order valence-corrected chi connectivity index (χ2v) is 6.24. The van der Waals surface area contributed by atoms with Crippen molar-refractivity contribution in [3.63, 3.8) is 0 Å². The van der Waals surface area contributed by atoms with Gasteiger partial charge in [0.05, 0.1) is 0 Å². The number of nitrogens with one attached hydrogen (secondary N) is 1. The molecule has 0 radical (unpaired) electrons. The fourth-order valence-electron chi connectivity index (χ4n) is 3.52. The Morgan fingerprint density at radius 3 is 2.71 bits per heavy atom. The van der Waals surface area contributed by atoms with Crippen molar-refractivity contribution < 1.29 is 0 Å². The lowest BCUT2D eigenvalue weighted by Gasteiger charge is -2.31. The summed E-state index contributed by atoms with van der Waals surface area (Å²) in [6.07, 6.45) is 4.53. The first kappa shape index (κ1) is 14.3. The van der Waals surface area contributed by atoms with Crippen LogP contribution in [-0.2, 0) is 19.3 Å². The molecule has 2 heteroatoms. The zero-order valence-electron chi connectivity index (χ0n) is 12.7. The van der Waals surface area contributed by atoms with E-state index in [1.54, 1.807) is 0 Å². The lowest BCUT2D eigenvalue weighted by molar-refractivity contribution is 0.321. The minimum atomic E-state index is 0.347. The highest BCUT2D eigenvalue weighted by atomic mass is 15.2. The number of benzene rings is 2. The first-order chi connectivity index (χ1) is 10.3. The number of hydrazine groups is 1. The van der Waals surface area contributed by atoms with Crippen molar-refractivity contribution in [3.05, 3.63) is 70.8 Å². The Labute approximate surface area is 127 Å². The van der Waals surface area contributed by atoms with Gasteiger partial charge in [0.2, 0.25) is 0 Å². The largest absolute Gasteiger partial charge is 0.271 e. The standard InChI is InChI=1S/C19H24N2/c1-14-5-4-6-15(11-14)12-19(21-20)18-10-9-16-7-2-3-8-17(16)13-18/h2-8,11,18-19,21H,9-10,12-13,20H2,1H3. The van der Waals surface area contributed by atoms with Gasteiger partial charge in [0.25, 0.3) is 0 Å². The summed E-state index contributed by atoms with van der Waals surface area (Å²) in [6, 6.07) is 17.9. The Balaban J connectivity index is 1.73. The molecule has 0 aromatic heterocycles. The van der Waals surface area contributed by atoms with Gasteiger partial charge in [-0.05, 0) is 55.2 Å². The van der Waals surface area contributed by atoms with Gasteiger partial charge in [-0.25, -0.2) is 0 Å². The fourth-order valence-corrected chi connectivity index (χ4v) is 3.52. The molecule has 0 spiro atoms. The summed E-state index contributed by atoms with van der Waals surface area (Å²) in [7, 11) is 0. The van der Waals surface area contributed by atoms with E-state index in [2.05, 4.69) is 60.9 Å². The third-order valence-electron chi connectivity index (χ3n) is 4.71. The third kappa shape index (κ3) is 3.34. The Bertz CT molecular complexity index is 606. The molecule has 0 saturated heterocycles. The molecule has 110 valence electrons. The van der Waals surface area contributed by atoms with Crippen molar-refractivity contribution >= 4 is 0 Å². The van der Waals surface area contributed by atoms with Crippen LogP contribution in [0.2, 0.25) is 0 Å². The van der Waals surface area contributed by atoms with Crippen molar-refractivity contribution in [2.75, 3.05) is 0 Å². The molecule has 2 atom stereocenters. The highest BCUT2D eigenvalue weighted by Crippen LogP contribution is 2.28. The molecular weight excluding hydrogens is 256 g/mol. The Hall–Kier alpha value is -1.64. The SMILES string of the molecule is Cc1cccc(CC(NN)C2CCc3ccccc3C2)c1. The quantitative estimate of drug-likeness (QED) is 0.667. The first-order valence-electron chi connectivity index (χ1n) is 7.84. The monoisotopic (exact) mass is 280 g/mol. The van der Waals surface area contributed by atoms with Crippen LogP contribution in [-0.4, -0.2) is 6.04 Å². The Morgan fingerprint density at radius 1 is 1.14 bits per heavy atom. The van der Waals surface area contributed by atoms with E-state index in [0.717, 1.165) is 12.8 Å². The number of nitrogens with two attached hydrogens (primary N) is 1. The van der Waals surface area contributed by atoms with E-state index in [0.29, 0.717) is 12.0 Å². The molecule has 2 aromatic rings. The molecule has 3 N–H and O–H groups in total. The van der Waals surface area contributed by atoms with Crippen LogP contribution in [0.15, 0.2) is 48.5 Å². The maximum atomic E-state index is 5.86. The average Bonchev–Trinajstić information content (AvgIpc) is 2.52. The van der Waals surface area contributed by atoms with E-state index in [9.17, 15) is 0 Å². The van der Waals surface area contributed by atoms with Gasteiger partial charge in [0.15, 0.2) is 0 Å². The summed E-state index contributed by atoms with van der Waals surface area (Å²) in [6.45, 7) is 2.14. The summed E-state index contributed by atoms with van der Waals surface area (Å²) < 4.78 is 0. The molecule has 0 bridgehead atoms. The molecule has 2 nitrogen and oxygen atoms in total. The zero-order chi connectivity index (χ0) is 14.7. The number of rotatable bonds is 4. The predicted octanol–water partition coefficient (Wildman–Crippen LogP) is 3.17. The molecule has 0 amide bonds. The molecule has 0 heterocycles. The van der Waals surface area contributed by atoms with E-state index < -0.39 is 0 Å². The van der Waals surface area contributed by atoms with Crippen molar-refractivity contribution in [1.29, 1.82) is 0 Å². The van der Waals surface area contributed by atoms with Crippen LogP contribution in [0.5, 0.6) is 0 Å². The van der Waals surface area contributed by atoms with E-state index in [-0.39, 0.29) is 0 Å². The van der Waals surface area contributed by atoms with Gasteiger partial charge in [-0.2, -0.15) is 0 Å². The molecule has 0 saturated carbocycles. The van der Waals surface area contributed by atoms with Crippen LogP contribution in [0.25, 0.3) is 0 Å². The van der Waals surface area contributed by atoms with Crippen LogP contribution in [0, 0.1) is 12.8 Å². The molecule has 3 rings (SSSR count). The van der Waals surface area contributed by atoms with E-state index >= 15 is 0 Å². The highest BCUT2D eigenvalue weighted by Gasteiger charge is 2.25. The smallest absolute Gasteiger partial charge is 0.0282 e. The van der Waals surface area contributed by atoms with Crippen LogP contribution < -0.4 is 11.3 Å². The number of aryl methyl sites for hydroxylation is 2. The van der Waals surface area contributed by atoms with Crippen molar-refractivity contribution in [1.82, 2.24) is 5.43 Å². The van der Waals surface area contributed by atoms with Crippen molar-refractivity contribution in [2.24, 2.45) is 11.8 Å². The van der Waals surface area contributed by atoms with Crippen molar-refractivity contribution in [2.45, 2.75) is 38.6 Å². The third-order valence-corrected chi connectivity index (χ3v) is 4.71. The Kier molecular flexibility index (Phi) is 4.37. The van der Waals surface area contributed by atoms with Crippen molar-refractivity contribution in [3.8, 4) is 0 Å². The number of hydrogen-bond donors (Lipinski definition) is 2. The molecule has 1 aliphatic rings. The molecular formula is C19H24N2. The first-order valence-corrected chi connectivity index (χ1v) is 7.84. The van der Waals surface area contributed by atoms with Gasteiger partial charge in [-0.1, -0.05) is 54.1 Å². The summed E-state index contributed by atoms with van der Waals surface area (Å²) in [4.78, 5) is 0. The van der Waals surface area contributed by atoms with Crippen LogP contribution in [0.4, 0.5) is 0 Å². The number of fused-ring (bicyclic) bond motifs is 1. The fraction of sp³-hybridized carbons (Fsp3) is 0.368. The molecule has 2 unspecified atom stereocenters. The van der Waals surface area contributed by atoms with Crippen LogP contribution in [0.1, 0.15) is 28.7 Å². The molecule has 21 heavy (non-hydrogen) atoms. The topological polar surface area (TPSA) is 38.0 Å². The Morgan fingerprint density at radius 2 is 1.95 bits per heavy atom. The van der Waals surface area contributed by atoms with Gasteiger partial charge in [0, 0.05) is 6.04 Å². The highest BCUT2D eigenvalue weighted by molar-refractivity contribution is 5.30. The van der Waals surface area contributed by atoms with E-state index in [1.807, 2.05) is 0 Å². The average molecular weight is 280 g/mol.